The largest absolute Gasteiger partial charge is 0.310 e. The zero-order valence-electron chi connectivity index (χ0n) is 11.0. The lowest BCUT2D eigenvalue weighted by molar-refractivity contribution is 0.486. The summed E-state index contributed by atoms with van der Waals surface area (Å²) in [6.07, 6.45) is 4.15. The van der Waals surface area contributed by atoms with E-state index in [1.807, 2.05) is 0 Å². The zero-order valence-corrected chi connectivity index (χ0v) is 12.6. The summed E-state index contributed by atoms with van der Waals surface area (Å²) in [5.41, 5.74) is 4.15. The molecule has 0 saturated heterocycles. The van der Waals surface area contributed by atoms with Gasteiger partial charge in [0.05, 0.1) is 0 Å². The molecule has 1 unspecified atom stereocenters. The van der Waals surface area contributed by atoms with Crippen molar-refractivity contribution in [2.45, 2.75) is 46.1 Å². The quantitative estimate of drug-likeness (QED) is 0.842. The molecule has 0 aromatic heterocycles. The van der Waals surface area contributed by atoms with Crippen LogP contribution in [0.25, 0.3) is 0 Å². The molecule has 1 fully saturated rings. The van der Waals surface area contributed by atoms with Crippen LogP contribution in [0.4, 0.5) is 0 Å². The lowest BCUT2D eigenvalue weighted by atomic mass is 9.97. The van der Waals surface area contributed by atoms with Gasteiger partial charge in [-0.15, -0.1) is 0 Å². The van der Waals surface area contributed by atoms with Crippen molar-refractivity contribution in [2.75, 3.05) is 6.54 Å². The van der Waals surface area contributed by atoms with Crippen molar-refractivity contribution in [1.82, 2.24) is 5.32 Å². The predicted octanol–water partition coefficient (Wildman–Crippen LogP) is 4.52. The van der Waals surface area contributed by atoms with Crippen LogP contribution in [0, 0.1) is 19.8 Å². The highest BCUT2D eigenvalue weighted by Gasteiger charge is 2.26. The van der Waals surface area contributed by atoms with Crippen LogP contribution in [0.15, 0.2) is 16.6 Å². The number of hydrogen-bond acceptors (Lipinski definition) is 1. The fourth-order valence-corrected chi connectivity index (χ4v) is 2.68. The Labute approximate surface area is 113 Å². The normalized spacial score (nSPS) is 17.2. The van der Waals surface area contributed by atoms with Gasteiger partial charge in [-0.3, -0.25) is 0 Å². The summed E-state index contributed by atoms with van der Waals surface area (Å²) in [6.45, 7) is 7.60. The molecule has 0 heterocycles. The van der Waals surface area contributed by atoms with E-state index in [0.717, 1.165) is 12.5 Å². The van der Waals surface area contributed by atoms with Crippen LogP contribution < -0.4 is 5.32 Å². The van der Waals surface area contributed by atoms with E-state index >= 15 is 0 Å². The summed E-state index contributed by atoms with van der Waals surface area (Å²) in [7, 11) is 0. The molecule has 0 radical (unpaired) electrons. The minimum atomic E-state index is 0.540. The molecule has 1 nitrogen and oxygen atoms in total. The fraction of sp³-hybridized carbons (Fsp3) is 0.600. The van der Waals surface area contributed by atoms with E-state index in [9.17, 15) is 0 Å². The second-order valence-corrected chi connectivity index (χ2v) is 6.05. The first kappa shape index (κ1) is 13.1. The van der Waals surface area contributed by atoms with E-state index in [0.29, 0.717) is 6.04 Å². The number of aryl methyl sites for hydroxylation is 2. The van der Waals surface area contributed by atoms with Gasteiger partial charge in [0.15, 0.2) is 0 Å². The van der Waals surface area contributed by atoms with E-state index in [1.165, 1.54) is 40.4 Å². The van der Waals surface area contributed by atoms with Crippen LogP contribution in [-0.4, -0.2) is 6.54 Å². The van der Waals surface area contributed by atoms with Gasteiger partial charge < -0.3 is 5.32 Å². The maximum Gasteiger partial charge on any atom is 0.0322 e. The summed E-state index contributed by atoms with van der Waals surface area (Å²) >= 11 is 3.64. The Bertz CT molecular complexity index is 373. The Kier molecular flexibility index (Phi) is 4.26. The molecule has 2 heteroatoms. The zero-order chi connectivity index (χ0) is 12.4. The molecular formula is C15H22BrN. The second kappa shape index (κ2) is 5.53. The summed E-state index contributed by atoms with van der Waals surface area (Å²) in [5, 5.41) is 3.63. The Morgan fingerprint density at radius 1 is 1.29 bits per heavy atom. The van der Waals surface area contributed by atoms with E-state index in [2.05, 4.69) is 54.2 Å². The van der Waals surface area contributed by atoms with Gasteiger partial charge in [0.1, 0.15) is 0 Å². The maximum atomic E-state index is 3.64. The molecule has 1 aromatic rings. The molecule has 1 aromatic carbocycles. The van der Waals surface area contributed by atoms with Gasteiger partial charge in [0.25, 0.3) is 0 Å². The van der Waals surface area contributed by atoms with Crippen LogP contribution in [-0.2, 0) is 0 Å². The molecule has 0 amide bonds. The molecule has 17 heavy (non-hydrogen) atoms. The first-order chi connectivity index (χ1) is 8.11. The third-order valence-electron chi connectivity index (χ3n) is 3.58. The monoisotopic (exact) mass is 295 g/mol. The average molecular weight is 296 g/mol. The molecule has 1 aliphatic rings. The number of halogens is 1. The molecule has 2 rings (SSSR count). The predicted molar refractivity (Wildman–Crippen MR) is 77.4 cm³/mol. The number of benzene rings is 1. The minimum Gasteiger partial charge on any atom is -0.310 e. The summed E-state index contributed by atoms with van der Waals surface area (Å²) in [6, 6.07) is 5.19. The van der Waals surface area contributed by atoms with Crippen molar-refractivity contribution in [2.24, 2.45) is 5.92 Å². The van der Waals surface area contributed by atoms with Crippen LogP contribution >= 0.6 is 15.9 Å². The van der Waals surface area contributed by atoms with E-state index in [1.54, 1.807) is 0 Å². The third kappa shape index (κ3) is 3.32. The van der Waals surface area contributed by atoms with E-state index in [-0.39, 0.29) is 0 Å². The lowest BCUT2D eigenvalue weighted by Gasteiger charge is -2.20. The molecule has 1 aliphatic carbocycles. The summed E-state index contributed by atoms with van der Waals surface area (Å²) < 4.78 is 1.25. The Hall–Kier alpha value is -0.340. The van der Waals surface area contributed by atoms with Crippen molar-refractivity contribution in [1.29, 1.82) is 0 Å². The Morgan fingerprint density at radius 2 is 1.88 bits per heavy atom. The van der Waals surface area contributed by atoms with Gasteiger partial charge in [0, 0.05) is 10.5 Å². The van der Waals surface area contributed by atoms with Gasteiger partial charge in [0.2, 0.25) is 0 Å². The molecule has 94 valence electrons. The smallest absolute Gasteiger partial charge is 0.0322 e. The van der Waals surface area contributed by atoms with Crippen LogP contribution in [0.3, 0.4) is 0 Å². The second-order valence-electron chi connectivity index (χ2n) is 5.26. The third-order valence-corrected chi connectivity index (χ3v) is 4.83. The number of hydrogen-bond donors (Lipinski definition) is 1. The molecule has 0 bridgehead atoms. The fourth-order valence-electron chi connectivity index (χ4n) is 2.45. The van der Waals surface area contributed by atoms with E-state index < -0.39 is 0 Å². The molecule has 1 saturated carbocycles. The van der Waals surface area contributed by atoms with Crippen LogP contribution in [0.2, 0.25) is 0 Å². The van der Waals surface area contributed by atoms with Gasteiger partial charge in [-0.05, 0) is 49.4 Å². The molecule has 1 atom stereocenters. The Morgan fingerprint density at radius 3 is 2.35 bits per heavy atom. The van der Waals surface area contributed by atoms with Gasteiger partial charge in [-0.2, -0.15) is 0 Å². The highest BCUT2D eigenvalue weighted by atomic mass is 79.9. The number of rotatable bonds is 5. The maximum absolute atomic E-state index is 3.64. The number of nitrogens with one attached hydrogen (secondary N) is 1. The topological polar surface area (TPSA) is 12.0 Å². The van der Waals surface area contributed by atoms with Crippen molar-refractivity contribution in [3.05, 3.63) is 33.3 Å². The molecule has 0 spiro atoms. The lowest BCUT2D eigenvalue weighted by Crippen LogP contribution is -2.21. The highest BCUT2D eigenvalue weighted by molar-refractivity contribution is 9.10. The SMILES string of the molecule is CCNC(CC1CC1)c1cc(C)c(Br)c(C)c1. The highest BCUT2D eigenvalue weighted by Crippen LogP contribution is 2.38. The van der Waals surface area contributed by atoms with Crippen LogP contribution in [0.5, 0.6) is 0 Å². The van der Waals surface area contributed by atoms with Crippen molar-refractivity contribution in [3.63, 3.8) is 0 Å². The van der Waals surface area contributed by atoms with E-state index in [4.69, 9.17) is 0 Å². The summed E-state index contributed by atoms with van der Waals surface area (Å²) in [4.78, 5) is 0. The molecule has 1 N–H and O–H groups in total. The van der Waals surface area contributed by atoms with Gasteiger partial charge >= 0.3 is 0 Å². The van der Waals surface area contributed by atoms with Gasteiger partial charge in [-0.1, -0.05) is 47.8 Å². The first-order valence-corrected chi connectivity index (χ1v) is 7.41. The van der Waals surface area contributed by atoms with Crippen molar-refractivity contribution in [3.8, 4) is 0 Å². The molecule has 0 aliphatic heterocycles. The van der Waals surface area contributed by atoms with Crippen LogP contribution in [0.1, 0.15) is 48.9 Å². The molecular weight excluding hydrogens is 274 g/mol. The van der Waals surface area contributed by atoms with Gasteiger partial charge in [-0.25, -0.2) is 0 Å². The summed E-state index contributed by atoms with van der Waals surface area (Å²) in [5.74, 6) is 0.961. The van der Waals surface area contributed by atoms with Crippen molar-refractivity contribution >= 4 is 15.9 Å². The first-order valence-electron chi connectivity index (χ1n) is 6.61. The standard InChI is InChI=1S/C15H22BrN/c1-4-17-14(9-12-5-6-12)13-7-10(2)15(16)11(3)8-13/h7-8,12,14,17H,4-6,9H2,1-3H3. The average Bonchev–Trinajstić information content (AvgIpc) is 3.08. The Balaban J connectivity index is 2.21. The minimum absolute atomic E-state index is 0.540. The van der Waals surface area contributed by atoms with Crippen molar-refractivity contribution < 1.29 is 0 Å².